The summed E-state index contributed by atoms with van der Waals surface area (Å²) in [5, 5.41) is 2.23. The Kier molecular flexibility index (Phi) is 12.0. The van der Waals surface area contributed by atoms with Gasteiger partial charge in [-0.15, -0.1) is 48.1 Å². The first-order valence-corrected chi connectivity index (χ1v) is 22.4. The molecule has 0 unspecified atom stereocenters. The first kappa shape index (κ1) is 45.7. The van der Waals surface area contributed by atoms with Crippen LogP contribution in [-0.2, 0) is 42.7 Å². The Balaban J connectivity index is 0.00000576. The third-order valence-electron chi connectivity index (χ3n) is 12.7. The van der Waals surface area contributed by atoms with Crippen LogP contribution in [0.25, 0.3) is 33.3 Å². The Morgan fingerprint density at radius 1 is 0.538 bits per heavy atom. The van der Waals surface area contributed by atoms with Gasteiger partial charge in [-0.25, -0.2) is 4.98 Å². The van der Waals surface area contributed by atoms with Gasteiger partial charge in [0.15, 0.2) is 0 Å². The van der Waals surface area contributed by atoms with Gasteiger partial charge >= 0.3 is 0 Å². The minimum Gasteiger partial charge on any atom is -0.509 e. The minimum atomic E-state index is -0.238. The Labute approximate surface area is 401 Å². The Morgan fingerprint density at radius 3 is 1.83 bits per heavy atom. The normalized spacial score (nSPS) is 13.6. The number of benzene rings is 6. The molecule has 0 saturated carbocycles. The molecule has 0 aliphatic carbocycles. The first-order valence-electron chi connectivity index (χ1n) is 22.4. The van der Waals surface area contributed by atoms with Crippen LogP contribution in [0.2, 0.25) is 0 Å². The van der Waals surface area contributed by atoms with E-state index in [1.165, 1.54) is 27.8 Å². The predicted octanol–water partition coefficient (Wildman–Crippen LogP) is 15.2. The summed E-state index contributed by atoms with van der Waals surface area (Å²) in [5.41, 5.74) is 12.1. The molecule has 0 fully saturated rings. The second kappa shape index (κ2) is 17.1. The van der Waals surface area contributed by atoms with E-state index in [1.807, 2.05) is 24.4 Å². The van der Waals surface area contributed by atoms with Crippen LogP contribution in [0, 0.1) is 18.8 Å². The average Bonchev–Trinajstić information content (AvgIpc) is 3.86. The van der Waals surface area contributed by atoms with E-state index >= 15 is 0 Å². The third-order valence-corrected chi connectivity index (χ3v) is 12.7. The van der Waals surface area contributed by atoms with Crippen LogP contribution in [0.4, 0.5) is 11.4 Å². The predicted molar refractivity (Wildman–Crippen MR) is 268 cm³/mol. The van der Waals surface area contributed by atoms with Crippen molar-refractivity contribution >= 4 is 38.9 Å². The van der Waals surface area contributed by atoms with Crippen molar-refractivity contribution in [3.63, 3.8) is 0 Å². The van der Waals surface area contributed by atoms with E-state index < -0.39 is 0 Å². The minimum absolute atomic E-state index is 0. The zero-order chi connectivity index (χ0) is 45.2. The molecule has 1 aliphatic rings. The number of hydrogen-bond acceptors (Lipinski definition) is 4. The molecule has 2 aromatic heterocycles. The number of nitrogens with zero attached hydrogens (tertiary/aromatic N) is 4. The molecule has 3 heterocycles. The summed E-state index contributed by atoms with van der Waals surface area (Å²) in [7, 11) is 0. The maximum absolute atomic E-state index is 6.73. The van der Waals surface area contributed by atoms with Crippen LogP contribution in [0.3, 0.4) is 0 Å². The van der Waals surface area contributed by atoms with Gasteiger partial charge < -0.3 is 19.1 Å². The third kappa shape index (κ3) is 9.05. The molecule has 0 atom stereocenters. The van der Waals surface area contributed by atoms with Gasteiger partial charge in [-0.1, -0.05) is 161 Å². The fourth-order valence-electron chi connectivity index (χ4n) is 8.59. The number of pyridine rings is 1. The van der Waals surface area contributed by atoms with Crippen molar-refractivity contribution in [3.05, 3.63) is 204 Å². The van der Waals surface area contributed by atoms with Crippen LogP contribution < -0.4 is 14.5 Å². The number of aromatic nitrogens is 2. The second-order valence-electron chi connectivity index (χ2n) is 20.8. The van der Waals surface area contributed by atoms with Gasteiger partial charge in [-0.3, -0.25) is 0 Å². The van der Waals surface area contributed by atoms with E-state index in [9.17, 15) is 0 Å². The largest absolute Gasteiger partial charge is 0.509 e. The quantitative estimate of drug-likeness (QED) is 0.142. The molecule has 0 radical (unpaired) electrons. The topological polar surface area (TPSA) is 33.5 Å². The van der Waals surface area contributed by atoms with Gasteiger partial charge in [0.1, 0.15) is 5.82 Å². The Morgan fingerprint density at radius 2 is 1.17 bits per heavy atom. The fraction of sp³-hybridized carbons (Fsp3) is 0.254. The zero-order valence-electron chi connectivity index (χ0n) is 39.5. The summed E-state index contributed by atoms with van der Waals surface area (Å²) in [6, 6.07) is 57.0. The van der Waals surface area contributed by atoms with Crippen LogP contribution >= 0.6 is 0 Å². The first-order chi connectivity index (χ1) is 30.3. The van der Waals surface area contributed by atoms with E-state index in [0.717, 1.165) is 50.3 Å². The molecule has 0 bridgehead atoms. The average molecular weight is 1040 g/mol. The number of hydrogen-bond donors (Lipinski definition) is 0. The van der Waals surface area contributed by atoms with Crippen molar-refractivity contribution in [2.45, 2.75) is 97.8 Å². The van der Waals surface area contributed by atoms with Gasteiger partial charge in [-0.05, 0) is 91.5 Å². The Bertz CT molecular complexity index is 3000. The summed E-state index contributed by atoms with van der Waals surface area (Å²) in [6.45, 7) is 27.2. The molecule has 1 aliphatic heterocycles. The van der Waals surface area contributed by atoms with Crippen molar-refractivity contribution in [2.24, 2.45) is 0 Å². The Hall–Kier alpha value is -5.90. The van der Waals surface area contributed by atoms with E-state index in [2.05, 4.69) is 237 Å². The van der Waals surface area contributed by atoms with Gasteiger partial charge in [-0.2, -0.15) is 12.1 Å². The zero-order valence-corrected chi connectivity index (χ0v) is 41.8. The summed E-state index contributed by atoms with van der Waals surface area (Å²) >= 11 is 0. The van der Waals surface area contributed by atoms with E-state index in [4.69, 9.17) is 9.72 Å². The molecule has 6 heteroatoms. The van der Waals surface area contributed by atoms with Gasteiger partial charge in [0.25, 0.3) is 0 Å². The summed E-state index contributed by atoms with van der Waals surface area (Å²) in [6.07, 6.45) is 4.15. The molecule has 0 spiro atoms. The van der Waals surface area contributed by atoms with Crippen molar-refractivity contribution < 1.29 is 25.8 Å². The maximum Gasteiger partial charge on any atom is 0.135 e. The van der Waals surface area contributed by atoms with Gasteiger partial charge in [0.2, 0.25) is 0 Å². The molecule has 0 N–H and O–H groups in total. The van der Waals surface area contributed by atoms with Crippen LogP contribution in [0.1, 0.15) is 110 Å². The molecular weight excluding hydrogens is 976 g/mol. The second-order valence-corrected chi connectivity index (χ2v) is 20.8. The maximum atomic E-state index is 6.73. The molecule has 9 rings (SSSR count). The van der Waals surface area contributed by atoms with Gasteiger partial charge in [0.05, 0.1) is 0 Å². The molecule has 0 amide bonds. The van der Waals surface area contributed by atoms with Crippen LogP contribution in [-0.4, -0.2) is 9.55 Å². The molecule has 0 saturated heterocycles. The van der Waals surface area contributed by atoms with Crippen molar-refractivity contribution in [2.75, 3.05) is 9.80 Å². The molecule has 8 aromatic rings. The van der Waals surface area contributed by atoms with Crippen molar-refractivity contribution in [1.82, 2.24) is 9.55 Å². The molecule has 6 aromatic carbocycles. The molecule has 5 nitrogen and oxygen atoms in total. The van der Waals surface area contributed by atoms with Crippen LogP contribution in [0.15, 0.2) is 152 Å². The number of ether oxygens (including phenoxy) is 1. The standard InChI is InChI=1S/C59H59N4O.Pt/c1-56(2,3)42-25-27-50-51-28-26-49(37-53(51)63(52(50)34-42)55-35-43(29-30-60-55)59(10,11)41-21-16-13-17-22-41)64-48-24-18-23-46(36-48)62-39-61(38-54(62)40-19-14-12-15-20-40)47-32-44(57(4,5)6)31-45(33-47)58(7,8)9;/h12-35,38-39H,1-11H3;/q-3;. The summed E-state index contributed by atoms with van der Waals surface area (Å²) in [5.74, 6) is 2.03. The van der Waals surface area contributed by atoms with E-state index in [-0.39, 0.29) is 42.7 Å². The summed E-state index contributed by atoms with van der Waals surface area (Å²) < 4.78 is 8.98. The van der Waals surface area contributed by atoms with Crippen LogP contribution in [0.5, 0.6) is 11.5 Å². The summed E-state index contributed by atoms with van der Waals surface area (Å²) in [4.78, 5) is 9.47. The van der Waals surface area contributed by atoms with E-state index in [1.54, 1.807) is 0 Å². The molecule has 65 heavy (non-hydrogen) atoms. The number of anilines is 2. The number of rotatable bonds is 8. The van der Waals surface area contributed by atoms with Gasteiger partial charge in [0, 0.05) is 61.1 Å². The molecular formula is C59H59N4OPt-3. The molecule has 334 valence electrons. The van der Waals surface area contributed by atoms with Crippen molar-refractivity contribution in [3.8, 4) is 17.3 Å². The fourth-order valence-corrected chi connectivity index (χ4v) is 8.59. The van der Waals surface area contributed by atoms with Crippen molar-refractivity contribution in [1.29, 1.82) is 0 Å². The monoisotopic (exact) mass is 1030 g/mol. The van der Waals surface area contributed by atoms with E-state index in [0.29, 0.717) is 11.5 Å². The smallest absolute Gasteiger partial charge is 0.135 e. The SMILES string of the molecule is CC(C)(C)c1cc(N2C=C(c3ccccc3)N(c3[c-]c(Oc4[c-]c5c(cc4)c4ccc(C(C)(C)C)cc4n5-c4cc(C(C)(C)c5ccccc5)ccn4)ccc3)[CH-]2)cc(C(C)(C)C)c1.[Pt]. The number of fused-ring (bicyclic) bond motifs is 3.